The molecule has 1 saturated heterocycles. The standard InChI is InChI=1S/C11H14BrNO2S2/c1-11(2)7-13(5-6-17(11)15)10(14)8-3-4-9(12)16-8/h3-4H,5-7H2,1-2H3. The molecule has 1 aromatic heterocycles. The summed E-state index contributed by atoms with van der Waals surface area (Å²) in [7, 11) is -0.839. The van der Waals surface area contributed by atoms with Crippen LogP contribution >= 0.6 is 27.3 Å². The quantitative estimate of drug-likeness (QED) is 0.790. The van der Waals surface area contributed by atoms with Gasteiger partial charge in [-0.1, -0.05) is 0 Å². The molecule has 0 N–H and O–H groups in total. The van der Waals surface area contributed by atoms with Crippen molar-refractivity contribution in [2.24, 2.45) is 0 Å². The average molecular weight is 336 g/mol. The summed E-state index contributed by atoms with van der Waals surface area (Å²) in [5.41, 5.74) is 0. The third-order valence-corrected chi connectivity index (χ3v) is 6.33. The number of amides is 1. The van der Waals surface area contributed by atoms with E-state index in [4.69, 9.17) is 0 Å². The number of hydrogen-bond donors (Lipinski definition) is 0. The number of hydrogen-bond acceptors (Lipinski definition) is 3. The molecule has 1 aliphatic rings. The fraction of sp³-hybridized carbons (Fsp3) is 0.545. The van der Waals surface area contributed by atoms with E-state index in [1.165, 1.54) is 11.3 Å². The van der Waals surface area contributed by atoms with Gasteiger partial charge >= 0.3 is 0 Å². The predicted octanol–water partition coefficient (Wildman–Crippen LogP) is 2.49. The molecular weight excluding hydrogens is 322 g/mol. The number of thiophene rings is 1. The van der Waals surface area contributed by atoms with E-state index >= 15 is 0 Å². The summed E-state index contributed by atoms with van der Waals surface area (Å²) in [5, 5.41) is 0. The maximum Gasteiger partial charge on any atom is 0.264 e. The lowest BCUT2D eigenvalue weighted by molar-refractivity contribution is 0.0750. The van der Waals surface area contributed by atoms with Gasteiger partial charge in [-0.15, -0.1) is 11.3 Å². The molecule has 3 nitrogen and oxygen atoms in total. The molecule has 1 aromatic rings. The second-order valence-corrected chi connectivity index (χ2v) is 9.31. The van der Waals surface area contributed by atoms with E-state index in [9.17, 15) is 9.00 Å². The Morgan fingerprint density at radius 2 is 2.24 bits per heavy atom. The molecule has 0 radical (unpaired) electrons. The summed E-state index contributed by atoms with van der Waals surface area (Å²) in [6.07, 6.45) is 0. The van der Waals surface area contributed by atoms with Gasteiger partial charge in [0.15, 0.2) is 0 Å². The van der Waals surface area contributed by atoms with Crippen molar-refractivity contribution in [3.05, 3.63) is 20.8 Å². The minimum Gasteiger partial charge on any atom is -0.336 e. The van der Waals surface area contributed by atoms with Crippen LogP contribution in [0.25, 0.3) is 0 Å². The molecule has 6 heteroatoms. The summed E-state index contributed by atoms with van der Waals surface area (Å²) in [6.45, 7) is 5.05. The molecule has 2 rings (SSSR count). The fourth-order valence-corrected chi connectivity index (χ4v) is 4.43. The van der Waals surface area contributed by atoms with Crippen molar-refractivity contribution >= 4 is 44.0 Å². The zero-order valence-electron chi connectivity index (χ0n) is 9.73. The fourth-order valence-electron chi connectivity index (χ4n) is 1.84. The van der Waals surface area contributed by atoms with Crippen LogP contribution in [0.4, 0.5) is 0 Å². The van der Waals surface area contributed by atoms with E-state index in [-0.39, 0.29) is 10.7 Å². The van der Waals surface area contributed by atoms with Crippen LogP contribution in [0.3, 0.4) is 0 Å². The van der Waals surface area contributed by atoms with Crippen molar-refractivity contribution in [3.8, 4) is 0 Å². The van der Waals surface area contributed by atoms with Gasteiger partial charge in [-0.3, -0.25) is 9.00 Å². The van der Waals surface area contributed by atoms with Gasteiger partial charge in [0.25, 0.3) is 5.91 Å². The topological polar surface area (TPSA) is 37.4 Å². The minimum absolute atomic E-state index is 0.0467. The van der Waals surface area contributed by atoms with Crippen LogP contribution in [0.2, 0.25) is 0 Å². The second-order valence-electron chi connectivity index (χ2n) is 4.64. The van der Waals surface area contributed by atoms with E-state index < -0.39 is 10.8 Å². The normalized spacial score (nSPS) is 23.7. The molecule has 0 aromatic carbocycles. The third kappa shape index (κ3) is 2.80. The molecule has 0 aliphatic carbocycles. The maximum atomic E-state index is 12.2. The first-order valence-corrected chi connectivity index (χ1v) is 8.26. The Morgan fingerprint density at radius 1 is 1.53 bits per heavy atom. The first-order chi connectivity index (χ1) is 7.90. The van der Waals surface area contributed by atoms with Crippen molar-refractivity contribution in [3.63, 3.8) is 0 Å². The molecule has 0 saturated carbocycles. The highest BCUT2D eigenvalue weighted by Gasteiger charge is 2.35. The minimum atomic E-state index is -0.839. The summed E-state index contributed by atoms with van der Waals surface area (Å²) < 4.78 is 12.4. The largest absolute Gasteiger partial charge is 0.336 e. The van der Waals surface area contributed by atoms with E-state index in [1.54, 1.807) is 4.90 Å². The van der Waals surface area contributed by atoms with Crippen molar-refractivity contribution < 1.29 is 9.00 Å². The highest BCUT2D eigenvalue weighted by Crippen LogP contribution is 2.26. The Hall–Kier alpha value is -0.200. The molecule has 1 aliphatic heterocycles. The first kappa shape index (κ1) is 13.2. The number of rotatable bonds is 1. The zero-order valence-corrected chi connectivity index (χ0v) is 13.0. The monoisotopic (exact) mass is 335 g/mol. The molecular formula is C11H14BrNO2S2. The number of halogens is 1. The average Bonchev–Trinajstić information content (AvgIpc) is 2.68. The Morgan fingerprint density at radius 3 is 2.76 bits per heavy atom. The van der Waals surface area contributed by atoms with Gasteiger partial charge in [-0.25, -0.2) is 0 Å². The Labute approximate surface area is 116 Å². The van der Waals surface area contributed by atoms with Crippen LogP contribution in [0, 0.1) is 0 Å². The van der Waals surface area contributed by atoms with Crippen molar-refractivity contribution in [1.82, 2.24) is 4.90 Å². The molecule has 0 bridgehead atoms. The third-order valence-electron chi connectivity index (χ3n) is 2.81. The van der Waals surface area contributed by atoms with Gasteiger partial charge in [0, 0.05) is 29.6 Å². The highest BCUT2D eigenvalue weighted by molar-refractivity contribution is 9.11. The summed E-state index contributed by atoms with van der Waals surface area (Å²) in [5.74, 6) is 0.621. The molecule has 1 fully saturated rings. The predicted molar refractivity (Wildman–Crippen MR) is 75.0 cm³/mol. The van der Waals surface area contributed by atoms with Gasteiger partial charge < -0.3 is 4.90 Å². The highest BCUT2D eigenvalue weighted by atomic mass is 79.9. The van der Waals surface area contributed by atoms with Crippen LogP contribution in [0.1, 0.15) is 23.5 Å². The lowest BCUT2D eigenvalue weighted by atomic mass is 10.2. The van der Waals surface area contributed by atoms with Crippen LogP contribution in [-0.2, 0) is 10.8 Å². The molecule has 2 heterocycles. The van der Waals surface area contributed by atoms with Crippen molar-refractivity contribution in [2.75, 3.05) is 18.8 Å². The van der Waals surface area contributed by atoms with Crippen LogP contribution < -0.4 is 0 Å². The Kier molecular flexibility index (Phi) is 3.75. The van der Waals surface area contributed by atoms with Gasteiger partial charge in [0.1, 0.15) is 0 Å². The van der Waals surface area contributed by atoms with Gasteiger partial charge in [0.05, 0.1) is 13.4 Å². The smallest absolute Gasteiger partial charge is 0.264 e. The van der Waals surface area contributed by atoms with Crippen molar-refractivity contribution in [1.29, 1.82) is 0 Å². The summed E-state index contributed by atoms with van der Waals surface area (Å²) in [4.78, 5) is 14.8. The van der Waals surface area contributed by atoms with Crippen LogP contribution in [-0.4, -0.2) is 38.6 Å². The zero-order chi connectivity index (χ0) is 12.6. The van der Waals surface area contributed by atoms with E-state index in [1.807, 2.05) is 26.0 Å². The Bertz CT molecular complexity index is 470. The van der Waals surface area contributed by atoms with Gasteiger partial charge in [0.2, 0.25) is 0 Å². The summed E-state index contributed by atoms with van der Waals surface area (Å²) in [6, 6.07) is 3.71. The van der Waals surface area contributed by atoms with E-state index in [0.717, 1.165) is 8.66 Å². The second kappa shape index (κ2) is 4.82. The number of carbonyl (C=O) groups is 1. The van der Waals surface area contributed by atoms with E-state index in [2.05, 4.69) is 15.9 Å². The van der Waals surface area contributed by atoms with Gasteiger partial charge in [-0.05, 0) is 41.9 Å². The van der Waals surface area contributed by atoms with E-state index in [0.29, 0.717) is 18.8 Å². The lowest BCUT2D eigenvalue weighted by Crippen LogP contribution is -2.51. The summed E-state index contributed by atoms with van der Waals surface area (Å²) >= 11 is 4.80. The van der Waals surface area contributed by atoms with Gasteiger partial charge in [-0.2, -0.15) is 0 Å². The molecule has 17 heavy (non-hydrogen) atoms. The van der Waals surface area contributed by atoms with Crippen molar-refractivity contribution in [2.45, 2.75) is 18.6 Å². The number of carbonyl (C=O) groups excluding carboxylic acids is 1. The molecule has 94 valence electrons. The molecule has 0 spiro atoms. The maximum absolute atomic E-state index is 12.2. The van der Waals surface area contributed by atoms with Crippen LogP contribution in [0.5, 0.6) is 0 Å². The Balaban J connectivity index is 2.14. The first-order valence-electron chi connectivity index (χ1n) is 5.33. The molecule has 1 amide bonds. The lowest BCUT2D eigenvalue weighted by Gasteiger charge is -2.37. The van der Waals surface area contributed by atoms with Crippen LogP contribution in [0.15, 0.2) is 15.9 Å². The molecule has 1 unspecified atom stereocenters. The SMILES string of the molecule is CC1(C)CN(C(=O)c2ccc(Br)s2)CCS1=O. The number of nitrogens with zero attached hydrogens (tertiary/aromatic N) is 1. The molecule has 1 atom stereocenters.